The van der Waals surface area contributed by atoms with Gasteiger partial charge in [0.25, 0.3) is 11.8 Å². The van der Waals surface area contributed by atoms with E-state index in [1.54, 1.807) is 24.3 Å². The normalized spacial score (nSPS) is 10.5. The van der Waals surface area contributed by atoms with Crippen molar-refractivity contribution >= 4 is 22.6 Å². The van der Waals surface area contributed by atoms with Crippen LogP contribution in [0.3, 0.4) is 0 Å². The molecule has 0 saturated carbocycles. The molecule has 24 heavy (non-hydrogen) atoms. The van der Waals surface area contributed by atoms with Crippen molar-refractivity contribution < 1.29 is 19.1 Å². The lowest BCUT2D eigenvalue weighted by atomic mass is 10.1. The molecule has 0 atom stereocenters. The SMILES string of the molecule is O=C(NCCNC(=O)c1cc2ccccc2cc1O)c1ccco1. The summed E-state index contributed by atoms with van der Waals surface area (Å²) >= 11 is 0. The largest absolute Gasteiger partial charge is 0.507 e. The van der Waals surface area contributed by atoms with Crippen molar-refractivity contribution in [2.45, 2.75) is 0 Å². The maximum Gasteiger partial charge on any atom is 0.287 e. The summed E-state index contributed by atoms with van der Waals surface area (Å²) in [7, 11) is 0. The first-order chi connectivity index (χ1) is 11.6. The van der Waals surface area contributed by atoms with E-state index in [1.807, 2.05) is 24.3 Å². The molecule has 3 aromatic rings. The van der Waals surface area contributed by atoms with E-state index in [9.17, 15) is 14.7 Å². The Morgan fingerprint density at radius 3 is 2.25 bits per heavy atom. The van der Waals surface area contributed by atoms with E-state index in [-0.39, 0.29) is 36.1 Å². The van der Waals surface area contributed by atoms with Crippen LogP contribution in [0.1, 0.15) is 20.9 Å². The molecule has 2 aromatic carbocycles. The molecule has 2 amide bonds. The van der Waals surface area contributed by atoms with E-state index in [4.69, 9.17) is 4.42 Å². The van der Waals surface area contributed by atoms with Crippen LogP contribution in [0.25, 0.3) is 10.8 Å². The van der Waals surface area contributed by atoms with Gasteiger partial charge >= 0.3 is 0 Å². The van der Waals surface area contributed by atoms with Crippen LogP contribution in [-0.4, -0.2) is 30.0 Å². The van der Waals surface area contributed by atoms with Gasteiger partial charge in [0.05, 0.1) is 11.8 Å². The van der Waals surface area contributed by atoms with Crippen LogP contribution in [0.4, 0.5) is 0 Å². The van der Waals surface area contributed by atoms with Crippen molar-refractivity contribution in [1.29, 1.82) is 0 Å². The summed E-state index contributed by atoms with van der Waals surface area (Å²) in [5.41, 5.74) is 0.200. The number of nitrogens with one attached hydrogen (secondary N) is 2. The number of carbonyl (C=O) groups excluding carboxylic acids is 2. The molecule has 1 aromatic heterocycles. The molecule has 6 heteroatoms. The summed E-state index contributed by atoms with van der Waals surface area (Å²) in [5, 5.41) is 17.0. The molecule has 0 radical (unpaired) electrons. The lowest BCUT2D eigenvalue weighted by Gasteiger charge is -2.09. The molecule has 1 heterocycles. The highest BCUT2D eigenvalue weighted by Gasteiger charge is 2.12. The number of amides is 2. The number of phenols is 1. The molecule has 0 aliphatic heterocycles. The molecular formula is C18H16N2O4. The monoisotopic (exact) mass is 324 g/mol. The molecule has 0 unspecified atom stereocenters. The molecule has 0 fully saturated rings. The summed E-state index contributed by atoms with van der Waals surface area (Å²) in [6, 6.07) is 13.8. The second-order valence-electron chi connectivity index (χ2n) is 5.21. The van der Waals surface area contributed by atoms with Crippen LogP contribution in [0.15, 0.2) is 59.2 Å². The minimum atomic E-state index is -0.398. The summed E-state index contributed by atoms with van der Waals surface area (Å²) in [5.74, 6) is -0.604. The van der Waals surface area contributed by atoms with E-state index >= 15 is 0 Å². The molecule has 0 aliphatic carbocycles. The lowest BCUT2D eigenvalue weighted by Crippen LogP contribution is -2.34. The van der Waals surface area contributed by atoms with Gasteiger partial charge < -0.3 is 20.2 Å². The van der Waals surface area contributed by atoms with Gasteiger partial charge in [0.2, 0.25) is 0 Å². The van der Waals surface area contributed by atoms with Crippen molar-refractivity contribution in [3.63, 3.8) is 0 Å². The van der Waals surface area contributed by atoms with E-state index in [0.29, 0.717) is 0 Å². The van der Waals surface area contributed by atoms with Crippen molar-refractivity contribution in [2.24, 2.45) is 0 Å². The Morgan fingerprint density at radius 1 is 0.917 bits per heavy atom. The van der Waals surface area contributed by atoms with Gasteiger partial charge in [-0.25, -0.2) is 0 Å². The van der Waals surface area contributed by atoms with Crippen molar-refractivity contribution in [2.75, 3.05) is 13.1 Å². The topological polar surface area (TPSA) is 91.6 Å². The highest BCUT2D eigenvalue weighted by atomic mass is 16.3. The summed E-state index contributed by atoms with van der Waals surface area (Å²) in [4.78, 5) is 23.8. The summed E-state index contributed by atoms with van der Waals surface area (Å²) in [6.45, 7) is 0.483. The van der Waals surface area contributed by atoms with E-state index in [0.717, 1.165) is 10.8 Å². The Morgan fingerprint density at radius 2 is 1.58 bits per heavy atom. The molecule has 3 N–H and O–H groups in total. The number of fused-ring (bicyclic) bond motifs is 1. The first-order valence-corrected chi connectivity index (χ1v) is 7.47. The number of aromatic hydroxyl groups is 1. The number of hydrogen-bond acceptors (Lipinski definition) is 4. The van der Waals surface area contributed by atoms with Crippen LogP contribution in [0.5, 0.6) is 5.75 Å². The highest BCUT2D eigenvalue weighted by Crippen LogP contribution is 2.24. The highest BCUT2D eigenvalue weighted by molar-refractivity contribution is 6.01. The second kappa shape index (κ2) is 6.87. The Hall–Kier alpha value is -3.28. The molecule has 0 saturated heterocycles. The Balaban J connectivity index is 1.57. The lowest BCUT2D eigenvalue weighted by molar-refractivity contribution is 0.0909. The number of benzene rings is 2. The third-order valence-electron chi connectivity index (χ3n) is 3.55. The standard InChI is InChI=1S/C18H16N2O4/c21-15-11-13-5-2-1-4-12(13)10-14(15)17(22)19-7-8-20-18(23)16-6-3-9-24-16/h1-6,9-11,21H,7-8H2,(H,19,22)(H,20,23). The number of hydrogen-bond donors (Lipinski definition) is 3. The average Bonchev–Trinajstić information content (AvgIpc) is 3.12. The third-order valence-corrected chi connectivity index (χ3v) is 3.55. The van der Waals surface area contributed by atoms with Gasteiger partial charge in [-0.1, -0.05) is 24.3 Å². The van der Waals surface area contributed by atoms with Crippen LogP contribution < -0.4 is 10.6 Å². The number of furan rings is 1. The minimum absolute atomic E-state index is 0.0779. The van der Waals surface area contributed by atoms with Crippen molar-refractivity contribution in [3.8, 4) is 5.75 Å². The molecule has 122 valence electrons. The number of phenolic OH excluding ortho intramolecular Hbond substituents is 1. The first kappa shape index (κ1) is 15.6. The molecule has 6 nitrogen and oxygen atoms in total. The second-order valence-corrected chi connectivity index (χ2v) is 5.21. The van der Waals surface area contributed by atoms with Crippen molar-refractivity contribution in [1.82, 2.24) is 10.6 Å². The van der Waals surface area contributed by atoms with Gasteiger partial charge in [0.15, 0.2) is 5.76 Å². The van der Waals surface area contributed by atoms with Gasteiger partial charge in [-0.3, -0.25) is 9.59 Å². The van der Waals surface area contributed by atoms with E-state index in [2.05, 4.69) is 10.6 Å². The van der Waals surface area contributed by atoms with Gasteiger partial charge in [-0.05, 0) is 35.0 Å². The number of rotatable bonds is 5. The zero-order valence-electron chi connectivity index (χ0n) is 12.8. The minimum Gasteiger partial charge on any atom is -0.507 e. The zero-order valence-corrected chi connectivity index (χ0v) is 12.8. The zero-order chi connectivity index (χ0) is 16.9. The summed E-state index contributed by atoms with van der Waals surface area (Å²) < 4.78 is 4.97. The third kappa shape index (κ3) is 3.38. The Kier molecular flexibility index (Phi) is 4.47. The number of carbonyl (C=O) groups is 2. The summed E-state index contributed by atoms with van der Waals surface area (Å²) in [6.07, 6.45) is 1.42. The van der Waals surface area contributed by atoms with Gasteiger partial charge in [0.1, 0.15) is 5.75 Å². The fourth-order valence-electron chi connectivity index (χ4n) is 2.35. The maximum atomic E-state index is 12.2. The van der Waals surface area contributed by atoms with Crippen LogP contribution in [-0.2, 0) is 0 Å². The first-order valence-electron chi connectivity index (χ1n) is 7.47. The fraction of sp³-hybridized carbons (Fsp3) is 0.111. The average molecular weight is 324 g/mol. The fourth-order valence-corrected chi connectivity index (χ4v) is 2.35. The van der Waals surface area contributed by atoms with Gasteiger partial charge in [-0.15, -0.1) is 0 Å². The Labute approximate surface area is 138 Å². The van der Waals surface area contributed by atoms with Crippen LogP contribution in [0.2, 0.25) is 0 Å². The molecular weight excluding hydrogens is 308 g/mol. The van der Waals surface area contributed by atoms with Crippen molar-refractivity contribution in [3.05, 3.63) is 66.1 Å². The molecule has 3 rings (SSSR count). The van der Waals surface area contributed by atoms with E-state index in [1.165, 1.54) is 6.26 Å². The predicted octanol–water partition coefficient (Wildman–Crippen LogP) is 2.30. The van der Waals surface area contributed by atoms with Gasteiger partial charge in [-0.2, -0.15) is 0 Å². The van der Waals surface area contributed by atoms with Crippen LogP contribution >= 0.6 is 0 Å². The molecule has 0 bridgehead atoms. The quantitative estimate of drug-likeness (QED) is 0.628. The maximum absolute atomic E-state index is 12.2. The smallest absolute Gasteiger partial charge is 0.287 e. The Bertz CT molecular complexity index is 872. The van der Waals surface area contributed by atoms with Crippen LogP contribution in [0, 0.1) is 0 Å². The molecule has 0 aliphatic rings. The molecule has 0 spiro atoms. The predicted molar refractivity (Wildman–Crippen MR) is 89.0 cm³/mol. The van der Waals surface area contributed by atoms with E-state index < -0.39 is 5.91 Å². The van der Waals surface area contributed by atoms with Gasteiger partial charge in [0, 0.05) is 13.1 Å².